The van der Waals surface area contributed by atoms with E-state index in [-0.39, 0.29) is 6.10 Å². The lowest BCUT2D eigenvalue weighted by molar-refractivity contribution is 0.0700. The summed E-state index contributed by atoms with van der Waals surface area (Å²) in [5.74, 6) is 1.92. The van der Waals surface area contributed by atoms with Crippen molar-refractivity contribution in [3.05, 3.63) is 41.7 Å². The molecule has 1 aliphatic rings. The number of hydrogen-bond donors (Lipinski definition) is 0. The average molecular weight is 361 g/mol. The van der Waals surface area contributed by atoms with Crippen LogP contribution in [0.15, 0.2) is 35.5 Å². The zero-order valence-electron chi connectivity index (χ0n) is 15.2. The number of nitrogens with zero attached hydrogens (tertiary/aromatic N) is 4. The number of thioether (sulfide) groups is 1. The van der Waals surface area contributed by atoms with Crippen LogP contribution in [0.5, 0.6) is 0 Å². The van der Waals surface area contributed by atoms with E-state index in [2.05, 4.69) is 56.9 Å². The van der Waals surface area contributed by atoms with Crippen molar-refractivity contribution >= 4 is 11.8 Å². The summed E-state index contributed by atoms with van der Waals surface area (Å²) in [6, 6.07) is 10.7. The molecule has 2 heterocycles. The number of ether oxygens (including phenoxy) is 1. The molecule has 1 aromatic carbocycles. The first kappa shape index (κ1) is 18.4. The minimum absolute atomic E-state index is 0.239. The van der Waals surface area contributed by atoms with Gasteiger partial charge in [-0.25, -0.2) is 0 Å². The van der Waals surface area contributed by atoms with Crippen LogP contribution in [0.25, 0.3) is 0 Å². The summed E-state index contributed by atoms with van der Waals surface area (Å²) >= 11 is 1.77. The molecule has 136 valence electrons. The van der Waals surface area contributed by atoms with Gasteiger partial charge in [0.25, 0.3) is 0 Å². The Hall–Kier alpha value is -1.37. The van der Waals surface area contributed by atoms with Gasteiger partial charge in [0.05, 0.1) is 6.10 Å². The average Bonchev–Trinajstić information content (AvgIpc) is 2.83. The summed E-state index contributed by atoms with van der Waals surface area (Å²) in [6.07, 6.45) is 2.43. The maximum Gasteiger partial charge on any atom is 0.191 e. The SMILES string of the molecule is CCCn1c(C)nnc1SCC1CN(Cc2ccccc2)CCCO1. The molecule has 6 heteroatoms. The van der Waals surface area contributed by atoms with Crippen LogP contribution in [0.3, 0.4) is 0 Å². The second-order valence-corrected chi connectivity index (χ2v) is 7.55. The minimum Gasteiger partial charge on any atom is -0.376 e. The lowest BCUT2D eigenvalue weighted by Gasteiger charge is -2.23. The van der Waals surface area contributed by atoms with Crippen molar-refractivity contribution < 1.29 is 4.74 Å². The van der Waals surface area contributed by atoms with Gasteiger partial charge in [0.1, 0.15) is 5.82 Å². The molecule has 1 saturated heterocycles. The van der Waals surface area contributed by atoms with E-state index in [9.17, 15) is 0 Å². The maximum atomic E-state index is 6.08. The highest BCUT2D eigenvalue weighted by Crippen LogP contribution is 2.21. The van der Waals surface area contributed by atoms with Crippen LogP contribution >= 0.6 is 11.8 Å². The van der Waals surface area contributed by atoms with Crippen LogP contribution in [-0.2, 0) is 17.8 Å². The summed E-state index contributed by atoms with van der Waals surface area (Å²) in [5.41, 5.74) is 1.37. The molecule has 0 N–H and O–H groups in total. The molecule has 0 bridgehead atoms. The molecule has 2 aromatic rings. The monoisotopic (exact) mass is 360 g/mol. The van der Waals surface area contributed by atoms with E-state index in [0.717, 1.165) is 62.4 Å². The van der Waals surface area contributed by atoms with Crippen molar-refractivity contribution in [3.63, 3.8) is 0 Å². The zero-order valence-corrected chi connectivity index (χ0v) is 16.0. The fourth-order valence-corrected chi connectivity index (χ4v) is 4.19. The van der Waals surface area contributed by atoms with Gasteiger partial charge in [0.2, 0.25) is 0 Å². The molecule has 5 nitrogen and oxygen atoms in total. The molecule has 0 radical (unpaired) electrons. The third-order valence-electron chi connectivity index (χ3n) is 4.43. The molecular weight excluding hydrogens is 332 g/mol. The van der Waals surface area contributed by atoms with Crippen molar-refractivity contribution in [1.29, 1.82) is 0 Å². The van der Waals surface area contributed by atoms with Gasteiger partial charge in [0.15, 0.2) is 5.16 Å². The molecule has 1 aliphatic heterocycles. The van der Waals surface area contributed by atoms with Gasteiger partial charge in [-0.2, -0.15) is 0 Å². The number of rotatable bonds is 7. The standard InChI is InChI=1S/C19H28N4OS/c1-3-10-23-16(2)20-21-19(23)25-15-18-14-22(11-7-12-24-18)13-17-8-5-4-6-9-17/h4-6,8-9,18H,3,7,10-15H2,1-2H3. The Kier molecular flexibility index (Phi) is 6.90. The molecule has 0 aliphatic carbocycles. The maximum absolute atomic E-state index is 6.08. The molecule has 25 heavy (non-hydrogen) atoms. The Labute approximate surface area is 154 Å². The molecule has 1 fully saturated rings. The van der Waals surface area contributed by atoms with E-state index in [4.69, 9.17) is 4.74 Å². The Balaban J connectivity index is 1.56. The first-order valence-corrected chi connectivity index (χ1v) is 10.1. The summed E-state index contributed by atoms with van der Waals surface area (Å²) in [4.78, 5) is 2.51. The van der Waals surface area contributed by atoms with Crippen LogP contribution in [0.1, 0.15) is 31.2 Å². The Morgan fingerprint density at radius 3 is 2.88 bits per heavy atom. The van der Waals surface area contributed by atoms with Gasteiger partial charge in [-0.15, -0.1) is 10.2 Å². The second kappa shape index (κ2) is 9.36. The molecule has 1 aromatic heterocycles. The van der Waals surface area contributed by atoms with E-state index >= 15 is 0 Å². The van der Waals surface area contributed by atoms with Crippen molar-refractivity contribution in [2.45, 2.75) is 51.0 Å². The molecule has 0 amide bonds. The number of hydrogen-bond acceptors (Lipinski definition) is 5. The number of aromatic nitrogens is 3. The van der Waals surface area contributed by atoms with E-state index in [0.29, 0.717) is 0 Å². The number of benzene rings is 1. The van der Waals surface area contributed by atoms with Gasteiger partial charge in [-0.05, 0) is 25.3 Å². The summed E-state index contributed by atoms with van der Waals surface area (Å²) < 4.78 is 8.29. The first-order valence-electron chi connectivity index (χ1n) is 9.16. The molecule has 3 rings (SSSR count). The minimum atomic E-state index is 0.239. The highest BCUT2D eigenvalue weighted by Gasteiger charge is 2.20. The van der Waals surface area contributed by atoms with Crippen LogP contribution in [0.2, 0.25) is 0 Å². The van der Waals surface area contributed by atoms with E-state index in [1.54, 1.807) is 11.8 Å². The van der Waals surface area contributed by atoms with Gasteiger partial charge in [-0.3, -0.25) is 4.90 Å². The summed E-state index contributed by atoms with van der Waals surface area (Å²) in [6.45, 7) is 9.10. The topological polar surface area (TPSA) is 43.2 Å². The van der Waals surface area contributed by atoms with Crippen molar-refractivity contribution in [2.24, 2.45) is 0 Å². The zero-order chi connectivity index (χ0) is 17.5. The molecular formula is C19H28N4OS. The molecule has 1 atom stereocenters. The molecule has 1 unspecified atom stereocenters. The largest absolute Gasteiger partial charge is 0.376 e. The first-order chi connectivity index (χ1) is 12.3. The third-order valence-corrected chi connectivity index (χ3v) is 5.53. The fourth-order valence-electron chi connectivity index (χ4n) is 3.17. The van der Waals surface area contributed by atoms with Crippen LogP contribution in [0, 0.1) is 6.92 Å². The Bertz CT molecular complexity index is 646. The highest BCUT2D eigenvalue weighted by atomic mass is 32.2. The normalized spacial score (nSPS) is 19.0. The van der Waals surface area contributed by atoms with Crippen LogP contribution in [-0.4, -0.2) is 51.2 Å². The van der Waals surface area contributed by atoms with Gasteiger partial charge < -0.3 is 9.30 Å². The third kappa shape index (κ3) is 5.30. The molecule has 0 saturated carbocycles. The number of aryl methyl sites for hydroxylation is 1. The lowest BCUT2D eigenvalue weighted by atomic mass is 10.2. The van der Waals surface area contributed by atoms with Crippen molar-refractivity contribution in [1.82, 2.24) is 19.7 Å². The van der Waals surface area contributed by atoms with Gasteiger partial charge in [-0.1, -0.05) is 49.0 Å². The summed E-state index contributed by atoms with van der Waals surface area (Å²) in [5, 5.41) is 9.58. The van der Waals surface area contributed by atoms with Crippen LogP contribution in [0.4, 0.5) is 0 Å². The van der Waals surface area contributed by atoms with Crippen LogP contribution < -0.4 is 0 Å². The summed E-state index contributed by atoms with van der Waals surface area (Å²) in [7, 11) is 0. The van der Waals surface area contributed by atoms with E-state index < -0.39 is 0 Å². The quantitative estimate of drug-likeness (QED) is 0.708. The predicted octanol–water partition coefficient (Wildman–Crippen LogP) is 3.38. The van der Waals surface area contributed by atoms with E-state index in [1.807, 2.05) is 6.92 Å². The fraction of sp³-hybridized carbons (Fsp3) is 0.579. The smallest absolute Gasteiger partial charge is 0.191 e. The van der Waals surface area contributed by atoms with Crippen molar-refractivity contribution in [3.8, 4) is 0 Å². The van der Waals surface area contributed by atoms with E-state index in [1.165, 1.54) is 5.56 Å². The highest BCUT2D eigenvalue weighted by molar-refractivity contribution is 7.99. The lowest BCUT2D eigenvalue weighted by Crippen LogP contribution is -2.32. The van der Waals surface area contributed by atoms with Gasteiger partial charge in [0, 0.05) is 38.5 Å². The van der Waals surface area contributed by atoms with Gasteiger partial charge >= 0.3 is 0 Å². The Morgan fingerprint density at radius 2 is 2.08 bits per heavy atom. The Morgan fingerprint density at radius 1 is 1.24 bits per heavy atom. The second-order valence-electron chi connectivity index (χ2n) is 6.56. The predicted molar refractivity (Wildman–Crippen MR) is 102 cm³/mol. The molecule has 0 spiro atoms. The van der Waals surface area contributed by atoms with Crippen molar-refractivity contribution in [2.75, 3.05) is 25.4 Å².